The molecular weight excluding hydrogens is 158 g/mol. The van der Waals surface area contributed by atoms with Gasteiger partial charge in [0.25, 0.3) is 0 Å². The Balaban J connectivity index is 2.77. The number of benzene rings is 1. The molecule has 0 unspecified atom stereocenters. The summed E-state index contributed by atoms with van der Waals surface area (Å²) in [4.78, 5) is 0. The first-order chi connectivity index (χ1) is 6.24. The van der Waals surface area contributed by atoms with Crippen molar-refractivity contribution >= 4 is 0 Å². The summed E-state index contributed by atoms with van der Waals surface area (Å²) in [6, 6.07) is 9.90. The van der Waals surface area contributed by atoms with Gasteiger partial charge in [-0.15, -0.1) is 6.58 Å². The number of nitriles is 1. The fourth-order valence-corrected chi connectivity index (χ4v) is 1.20. The molecule has 0 aliphatic heterocycles. The molecule has 0 N–H and O–H groups in total. The Bertz CT molecular complexity index is 344. The molecule has 13 heavy (non-hydrogen) atoms. The minimum Gasteiger partial charge on any atom is -0.192 e. The van der Waals surface area contributed by atoms with E-state index in [1.54, 1.807) is 0 Å². The Morgan fingerprint density at radius 1 is 1.46 bits per heavy atom. The van der Waals surface area contributed by atoms with Crippen molar-refractivity contribution in [1.82, 2.24) is 0 Å². The molecule has 0 aromatic heterocycles. The third-order valence-corrected chi connectivity index (χ3v) is 1.96. The van der Waals surface area contributed by atoms with Crippen LogP contribution < -0.4 is 0 Å². The van der Waals surface area contributed by atoms with E-state index in [-0.39, 0.29) is 0 Å². The van der Waals surface area contributed by atoms with Gasteiger partial charge in [-0.2, -0.15) is 5.26 Å². The van der Waals surface area contributed by atoms with Gasteiger partial charge in [0, 0.05) is 0 Å². The zero-order chi connectivity index (χ0) is 9.68. The normalized spacial score (nSPS) is 9.23. The minimum absolute atomic E-state index is 0.781. The van der Waals surface area contributed by atoms with E-state index in [4.69, 9.17) is 5.26 Å². The molecule has 0 atom stereocenters. The number of aryl methyl sites for hydroxylation is 1. The summed E-state index contributed by atoms with van der Waals surface area (Å²) >= 11 is 0. The van der Waals surface area contributed by atoms with Crippen LogP contribution in [0.4, 0.5) is 0 Å². The van der Waals surface area contributed by atoms with Gasteiger partial charge in [0.15, 0.2) is 0 Å². The predicted octanol–water partition coefficient (Wildman–Crippen LogP) is 3.07. The van der Waals surface area contributed by atoms with E-state index in [1.807, 2.05) is 31.2 Å². The largest absolute Gasteiger partial charge is 0.192 e. The fourth-order valence-electron chi connectivity index (χ4n) is 1.20. The highest BCUT2D eigenvalue weighted by molar-refractivity contribution is 5.37. The van der Waals surface area contributed by atoms with Crippen molar-refractivity contribution in [3.63, 3.8) is 0 Å². The summed E-state index contributed by atoms with van der Waals surface area (Å²) in [6.45, 7) is 5.85. The molecule has 0 saturated heterocycles. The summed E-state index contributed by atoms with van der Waals surface area (Å²) in [5, 5.41) is 8.81. The molecule has 1 nitrogen and oxygen atoms in total. The second-order valence-corrected chi connectivity index (χ2v) is 3.23. The number of hydrogen-bond donors (Lipinski definition) is 0. The van der Waals surface area contributed by atoms with Crippen molar-refractivity contribution in [2.24, 2.45) is 0 Å². The lowest BCUT2D eigenvalue weighted by Gasteiger charge is -2.02. The fraction of sp³-hybridized carbons (Fsp3) is 0.250. The Morgan fingerprint density at radius 2 is 2.15 bits per heavy atom. The smallest absolute Gasteiger partial charge is 0.0994 e. The molecule has 0 heterocycles. The van der Waals surface area contributed by atoms with Gasteiger partial charge in [0.2, 0.25) is 0 Å². The lowest BCUT2D eigenvalue weighted by Crippen LogP contribution is -1.90. The maximum absolute atomic E-state index is 8.81. The van der Waals surface area contributed by atoms with Crippen LogP contribution in [0.25, 0.3) is 0 Å². The number of nitrogens with zero attached hydrogens (tertiary/aromatic N) is 1. The first-order valence-electron chi connectivity index (χ1n) is 4.36. The van der Waals surface area contributed by atoms with Gasteiger partial charge in [0.05, 0.1) is 11.6 Å². The average molecular weight is 171 g/mol. The van der Waals surface area contributed by atoms with Crippen molar-refractivity contribution in [1.29, 1.82) is 5.26 Å². The quantitative estimate of drug-likeness (QED) is 0.641. The molecule has 0 fully saturated rings. The van der Waals surface area contributed by atoms with E-state index in [0.717, 1.165) is 29.5 Å². The first-order valence-corrected chi connectivity index (χ1v) is 4.36. The number of hydrogen-bond acceptors (Lipinski definition) is 1. The molecule has 0 amide bonds. The van der Waals surface area contributed by atoms with Crippen molar-refractivity contribution < 1.29 is 0 Å². The maximum Gasteiger partial charge on any atom is 0.0994 e. The summed E-state index contributed by atoms with van der Waals surface area (Å²) in [7, 11) is 0. The molecule has 0 aliphatic carbocycles. The molecule has 1 aromatic rings. The molecule has 0 bridgehead atoms. The Labute approximate surface area is 79.3 Å². The lowest BCUT2D eigenvalue weighted by atomic mass is 10.0. The predicted molar refractivity (Wildman–Crippen MR) is 54.3 cm³/mol. The van der Waals surface area contributed by atoms with E-state index in [2.05, 4.69) is 12.6 Å². The summed E-state index contributed by atoms with van der Waals surface area (Å²) in [6.07, 6.45) is 1.87. The van der Waals surface area contributed by atoms with Crippen LogP contribution in [-0.4, -0.2) is 0 Å². The van der Waals surface area contributed by atoms with Crippen LogP contribution in [-0.2, 0) is 6.42 Å². The lowest BCUT2D eigenvalue weighted by molar-refractivity contribution is 0.942. The molecule has 66 valence electrons. The average Bonchev–Trinajstić information content (AvgIpc) is 2.15. The van der Waals surface area contributed by atoms with Crippen LogP contribution in [0.3, 0.4) is 0 Å². The van der Waals surface area contributed by atoms with Crippen LogP contribution in [0, 0.1) is 11.3 Å². The van der Waals surface area contributed by atoms with Crippen molar-refractivity contribution in [2.75, 3.05) is 0 Å². The van der Waals surface area contributed by atoms with Gasteiger partial charge in [0.1, 0.15) is 0 Å². The van der Waals surface area contributed by atoms with Gasteiger partial charge in [-0.25, -0.2) is 0 Å². The van der Waals surface area contributed by atoms with Crippen LogP contribution in [0.1, 0.15) is 24.5 Å². The highest BCUT2D eigenvalue weighted by Crippen LogP contribution is 2.11. The highest BCUT2D eigenvalue weighted by Gasteiger charge is 1.99. The Kier molecular flexibility index (Phi) is 3.28. The second-order valence-electron chi connectivity index (χ2n) is 3.23. The zero-order valence-electron chi connectivity index (χ0n) is 7.88. The van der Waals surface area contributed by atoms with Crippen LogP contribution >= 0.6 is 0 Å². The Hall–Kier alpha value is -1.55. The van der Waals surface area contributed by atoms with Crippen LogP contribution in [0.15, 0.2) is 36.4 Å². The van der Waals surface area contributed by atoms with Crippen molar-refractivity contribution in [2.45, 2.75) is 19.8 Å². The maximum atomic E-state index is 8.81. The molecule has 1 aromatic carbocycles. The number of rotatable bonds is 3. The van der Waals surface area contributed by atoms with E-state index in [1.165, 1.54) is 0 Å². The van der Waals surface area contributed by atoms with E-state index in [0.29, 0.717) is 0 Å². The SMILES string of the molecule is C=C(C)CCc1ccccc1C#N. The molecule has 0 saturated carbocycles. The number of allylic oxidation sites excluding steroid dienone is 1. The third-order valence-electron chi connectivity index (χ3n) is 1.96. The zero-order valence-corrected chi connectivity index (χ0v) is 7.88. The standard InChI is InChI=1S/C12H13N/c1-10(2)7-8-11-5-3-4-6-12(11)9-13/h3-6H,1,7-8H2,2H3. The molecule has 0 spiro atoms. The van der Waals surface area contributed by atoms with Gasteiger partial charge in [-0.1, -0.05) is 23.8 Å². The second kappa shape index (κ2) is 4.47. The molecule has 1 heteroatoms. The molecule has 0 aliphatic rings. The summed E-state index contributed by atoms with van der Waals surface area (Å²) < 4.78 is 0. The Morgan fingerprint density at radius 3 is 2.77 bits per heavy atom. The van der Waals surface area contributed by atoms with E-state index in [9.17, 15) is 0 Å². The monoisotopic (exact) mass is 171 g/mol. The molecule has 1 rings (SSSR count). The highest BCUT2D eigenvalue weighted by atomic mass is 14.2. The molecular formula is C12H13N. The van der Waals surface area contributed by atoms with Crippen molar-refractivity contribution in [3.05, 3.63) is 47.5 Å². The van der Waals surface area contributed by atoms with E-state index >= 15 is 0 Å². The topological polar surface area (TPSA) is 23.8 Å². The van der Waals surface area contributed by atoms with Gasteiger partial charge in [-0.3, -0.25) is 0 Å². The third kappa shape index (κ3) is 2.76. The molecule has 0 radical (unpaired) electrons. The van der Waals surface area contributed by atoms with Gasteiger partial charge in [-0.05, 0) is 31.4 Å². The van der Waals surface area contributed by atoms with Crippen LogP contribution in [0.5, 0.6) is 0 Å². The van der Waals surface area contributed by atoms with Gasteiger partial charge >= 0.3 is 0 Å². The first kappa shape index (κ1) is 9.54. The van der Waals surface area contributed by atoms with Gasteiger partial charge < -0.3 is 0 Å². The van der Waals surface area contributed by atoms with Crippen LogP contribution in [0.2, 0.25) is 0 Å². The minimum atomic E-state index is 0.781. The van der Waals surface area contributed by atoms with Crippen molar-refractivity contribution in [3.8, 4) is 6.07 Å². The summed E-state index contributed by atoms with van der Waals surface area (Å²) in [5.41, 5.74) is 3.06. The summed E-state index contributed by atoms with van der Waals surface area (Å²) in [5.74, 6) is 0. The van der Waals surface area contributed by atoms with E-state index < -0.39 is 0 Å².